The zero-order valence-electron chi connectivity index (χ0n) is 17.1. The Bertz CT molecular complexity index is 948. The summed E-state index contributed by atoms with van der Waals surface area (Å²) in [7, 11) is 3.25. The summed E-state index contributed by atoms with van der Waals surface area (Å²) in [6.45, 7) is 3.34. The van der Waals surface area contributed by atoms with Crippen molar-refractivity contribution in [3.63, 3.8) is 0 Å². The number of aromatic nitrogens is 2. The van der Waals surface area contributed by atoms with E-state index in [4.69, 9.17) is 9.47 Å². The number of amides is 1. The lowest BCUT2D eigenvalue weighted by atomic mass is 10.1. The van der Waals surface area contributed by atoms with Gasteiger partial charge in [0.05, 0.1) is 14.2 Å². The number of hydrogen-bond acceptors (Lipinski definition) is 4. The van der Waals surface area contributed by atoms with E-state index in [9.17, 15) is 4.79 Å². The second-order valence-corrected chi connectivity index (χ2v) is 6.85. The molecule has 1 N–H and O–H groups in total. The average Bonchev–Trinajstić information content (AvgIpc) is 3.15. The van der Waals surface area contributed by atoms with Crippen LogP contribution in [0.25, 0.3) is 0 Å². The highest BCUT2D eigenvalue weighted by molar-refractivity contribution is 5.94. The van der Waals surface area contributed by atoms with Gasteiger partial charge in [0, 0.05) is 31.0 Å². The molecular weight excluding hydrogens is 366 g/mol. The van der Waals surface area contributed by atoms with Crippen LogP contribution >= 0.6 is 0 Å². The van der Waals surface area contributed by atoms with Gasteiger partial charge in [-0.25, -0.2) is 4.98 Å². The van der Waals surface area contributed by atoms with Crippen LogP contribution in [-0.2, 0) is 13.0 Å². The molecule has 0 aliphatic heterocycles. The zero-order chi connectivity index (χ0) is 20.6. The van der Waals surface area contributed by atoms with Gasteiger partial charge in [0.15, 0.2) is 11.5 Å². The molecule has 0 atom stereocenters. The number of carbonyl (C=O) groups is 1. The van der Waals surface area contributed by atoms with Crippen molar-refractivity contribution >= 4 is 5.91 Å². The Morgan fingerprint density at radius 2 is 1.76 bits per heavy atom. The Labute approximate surface area is 171 Å². The molecule has 0 saturated carbocycles. The fourth-order valence-corrected chi connectivity index (χ4v) is 3.16. The minimum Gasteiger partial charge on any atom is -0.493 e. The van der Waals surface area contributed by atoms with E-state index >= 15 is 0 Å². The summed E-state index contributed by atoms with van der Waals surface area (Å²) in [6, 6.07) is 13.6. The number of benzene rings is 2. The van der Waals surface area contributed by atoms with Gasteiger partial charge in [-0.3, -0.25) is 4.79 Å². The van der Waals surface area contributed by atoms with Crippen LogP contribution in [0.2, 0.25) is 0 Å². The highest BCUT2D eigenvalue weighted by atomic mass is 16.5. The SMILES string of the molecule is COc1ccc(CCCNC(=O)c2ccc(Cn3ccnc3C)cc2)cc1OC. The first-order chi connectivity index (χ1) is 14.1. The molecule has 0 radical (unpaired) electrons. The summed E-state index contributed by atoms with van der Waals surface area (Å²) in [5, 5.41) is 2.98. The molecule has 6 heteroatoms. The predicted octanol–water partition coefficient (Wildman–Crippen LogP) is 3.62. The van der Waals surface area contributed by atoms with Crippen LogP contribution in [-0.4, -0.2) is 36.2 Å². The van der Waals surface area contributed by atoms with Gasteiger partial charge >= 0.3 is 0 Å². The van der Waals surface area contributed by atoms with Crippen molar-refractivity contribution in [1.29, 1.82) is 0 Å². The van der Waals surface area contributed by atoms with Gasteiger partial charge in [-0.2, -0.15) is 0 Å². The highest BCUT2D eigenvalue weighted by Crippen LogP contribution is 2.27. The molecule has 2 aromatic carbocycles. The molecule has 6 nitrogen and oxygen atoms in total. The topological polar surface area (TPSA) is 65.4 Å². The van der Waals surface area contributed by atoms with E-state index in [1.807, 2.05) is 55.6 Å². The predicted molar refractivity (Wildman–Crippen MR) is 113 cm³/mol. The minimum atomic E-state index is -0.0531. The maximum absolute atomic E-state index is 12.4. The van der Waals surface area contributed by atoms with Crippen LogP contribution in [0.4, 0.5) is 0 Å². The molecule has 0 fully saturated rings. The number of nitrogens with zero attached hydrogens (tertiary/aromatic N) is 2. The molecule has 0 unspecified atom stereocenters. The van der Waals surface area contributed by atoms with Gasteiger partial charge in [-0.15, -0.1) is 0 Å². The third-order valence-electron chi connectivity index (χ3n) is 4.87. The fraction of sp³-hybridized carbons (Fsp3) is 0.304. The second-order valence-electron chi connectivity index (χ2n) is 6.85. The molecule has 29 heavy (non-hydrogen) atoms. The number of hydrogen-bond donors (Lipinski definition) is 1. The van der Waals surface area contributed by atoms with Gasteiger partial charge in [0.1, 0.15) is 5.82 Å². The van der Waals surface area contributed by atoms with Crippen molar-refractivity contribution in [2.45, 2.75) is 26.3 Å². The van der Waals surface area contributed by atoms with E-state index in [-0.39, 0.29) is 5.91 Å². The van der Waals surface area contributed by atoms with Crippen LogP contribution in [0.15, 0.2) is 54.9 Å². The van der Waals surface area contributed by atoms with Crippen molar-refractivity contribution < 1.29 is 14.3 Å². The van der Waals surface area contributed by atoms with Crippen LogP contribution < -0.4 is 14.8 Å². The van der Waals surface area contributed by atoms with Crippen molar-refractivity contribution in [1.82, 2.24) is 14.9 Å². The lowest BCUT2D eigenvalue weighted by Gasteiger charge is -2.10. The van der Waals surface area contributed by atoms with E-state index in [1.54, 1.807) is 20.4 Å². The lowest BCUT2D eigenvalue weighted by Crippen LogP contribution is -2.24. The number of imidazole rings is 1. The molecule has 0 spiro atoms. The first kappa shape index (κ1) is 20.5. The van der Waals surface area contributed by atoms with E-state index < -0.39 is 0 Å². The molecule has 1 heterocycles. The summed E-state index contributed by atoms with van der Waals surface area (Å²) in [4.78, 5) is 16.6. The third-order valence-corrected chi connectivity index (χ3v) is 4.87. The lowest BCUT2D eigenvalue weighted by molar-refractivity contribution is 0.0953. The largest absolute Gasteiger partial charge is 0.493 e. The van der Waals surface area contributed by atoms with Gasteiger partial charge in [0.25, 0.3) is 5.91 Å². The third kappa shape index (κ3) is 5.38. The summed E-state index contributed by atoms with van der Waals surface area (Å²) < 4.78 is 12.7. The molecular formula is C23H27N3O3. The van der Waals surface area contributed by atoms with Crippen LogP contribution in [0.3, 0.4) is 0 Å². The Kier molecular flexibility index (Phi) is 6.89. The number of nitrogens with one attached hydrogen (secondary N) is 1. The van der Waals surface area contributed by atoms with Gasteiger partial charge in [-0.1, -0.05) is 18.2 Å². The smallest absolute Gasteiger partial charge is 0.251 e. The number of ether oxygens (including phenoxy) is 2. The van der Waals surface area contributed by atoms with Gasteiger partial charge in [0.2, 0.25) is 0 Å². The monoisotopic (exact) mass is 393 g/mol. The standard InChI is InChI=1S/C23H27N3O3/c1-17-24-13-14-26(17)16-19-6-9-20(10-7-19)23(27)25-12-4-5-18-8-11-21(28-2)22(15-18)29-3/h6-11,13-15H,4-5,12,16H2,1-3H3,(H,25,27). The van der Waals surface area contributed by atoms with Gasteiger partial charge < -0.3 is 19.4 Å². The normalized spacial score (nSPS) is 10.6. The first-order valence-corrected chi connectivity index (χ1v) is 9.66. The van der Waals surface area contributed by atoms with E-state index in [0.717, 1.165) is 47.8 Å². The van der Waals surface area contributed by atoms with E-state index in [2.05, 4.69) is 14.9 Å². The van der Waals surface area contributed by atoms with Gasteiger partial charge in [-0.05, 0) is 55.2 Å². The Balaban J connectivity index is 1.46. The average molecular weight is 393 g/mol. The van der Waals surface area contributed by atoms with Crippen molar-refractivity contribution in [3.8, 4) is 11.5 Å². The molecule has 0 aliphatic rings. The molecule has 1 aromatic heterocycles. The molecule has 0 saturated heterocycles. The summed E-state index contributed by atoms with van der Waals surface area (Å²) in [6.07, 6.45) is 5.44. The number of carbonyl (C=O) groups excluding carboxylic acids is 1. The quantitative estimate of drug-likeness (QED) is 0.564. The van der Waals surface area contributed by atoms with Crippen LogP contribution in [0, 0.1) is 6.92 Å². The summed E-state index contributed by atoms with van der Waals surface area (Å²) >= 11 is 0. The van der Waals surface area contributed by atoms with E-state index in [1.165, 1.54) is 0 Å². The molecule has 1 amide bonds. The molecule has 3 rings (SSSR count). The number of rotatable bonds is 9. The molecule has 152 valence electrons. The Morgan fingerprint density at radius 1 is 1.03 bits per heavy atom. The molecule has 0 aliphatic carbocycles. The number of methoxy groups -OCH3 is 2. The van der Waals surface area contributed by atoms with Crippen molar-refractivity contribution in [2.75, 3.05) is 20.8 Å². The molecule has 3 aromatic rings. The van der Waals surface area contributed by atoms with Crippen molar-refractivity contribution in [2.24, 2.45) is 0 Å². The minimum absolute atomic E-state index is 0.0531. The Hall–Kier alpha value is -3.28. The second kappa shape index (κ2) is 9.78. The summed E-state index contributed by atoms with van der Waals surface area (Å²) in [5.74, 6) is 2.36. The maximum atomic E-state index is 12.4. The Morgan fingerprint density at radius 3 is 2.41 bits per heavy atom. The number of aryl methyl sites for hydroxylation is 2. The van der Waals surface area contributed by atoms with Crippen LogP contribution in [0.1, 0.15) is 33.7 Å². The maximum Gasteiger partial charge on any atom is 0.251 e. The summed E-state index contributed by atoms with van der Waals surface area (Å²) in [5.41, 5.74) is 2.95. The first-order valence-electron chi connectivity index (χ1n) is 9.66. The zero-order valence-corrected chi connectivity index (χ0v) is 17.1. The van der Waals surface area contributed by atoms with Crippen molar-refractivity contribution in [3.05, 3.63) is 77.4 Å². The fourth-order valence-electron chi connectivity index (χ4n) is 3.16. The van der Waals surface area contributed by atoms with E-state index in [0.29, 0.717) is 12.1 Å². The van der Waals surface area contributed by atoms with Crippen LogP contribution in [0.5, 0.6) is 11.5 Å². The highest BCUT2D eigenvalue weighted by Gasteiger charge is 2.07. The molecule has 0 bridgehead atoms.